The van der Waals surface area contributed by atoms with E-state index in [1.807, 2.05) is 24.3 Å². The topological polar surface area (TPSA) is 167 Å². The van der Waals surface area contributed by atoms with E-state index in [2.05, 4.69) is 13.5 Å². The third-order valence-electron chi connectivity index (χ3n) is 10.9. The minimum atomic E-state index is -1.27. The molecular formula is C50H69FO13. The summed E-state index contributed by atoms with van der Waals surface area (Å²) < 4.78 is 53.6. The van der Waals surface area contributed by atoms with Crippen LogP contribution in [0.15, 0.2) is 42.5 Å². The van der Waals surface area contributed by atoms with E-state index in [0.29, 0.717) is 53.7 Å². The largest absolute Gasteiger partial charge is 0.492 e. The number of hydrogen-bond acceptors (Lipinski definition) is 13. The molecule has 14 heteroatoms. The monoisotopic (exact) mass is 896 g/mol. The van der Waals surface area contributed by atoms with Gasteiger partial charge >= 0.3 is 35.8 Å². The maximum Gasteiger partial charge on any atom is 0.417 e. The highest BCUT2D eigenvalue weighted by molar-refractivity contribution is 6.30. The maximum atomic E-state index is 16.4. The van der Waals surface area contributed by atoms with Crippen LogP contribution in [0.3, 0.4) is 0 Å². The number of hydrogen-bond donors (Lipinski definition) is 0. The average molecular weight is 897 g/mol. The quantitative estimate of drug-likeness (QED) is 0.0322. The van der Waals surface area contributed by atoms with Gasteiger partial charge in [-0.2, -0.15) is 0 Å². The third kappa shape index (κ3) is 17.7. The Morgan fingerprint density at radius 2 is 1.23 bits per heavy atom. The zero-order valence-electron chi connectivity index (χ0n) is 38.9. The van der Waals surface area contributed by atoms with Crippen LogP contribution in [0, 0.1) is 23.1 Å². The fourth-order valence-corrected chi connectivity index (χ4v) is 7.38. The Kier molecular flexibility index (Phi) is 22.5. The molecule has 0 bridgehead atoms. The Hall–Kier alpha value is -5.27. The number of halogens is 1. The molecule has 2 aromatic rings. The van der Waals surface area contributed by atoms with Gasteiger partial charge in [0.05, 0.1) is 44.4 Å². The van der Waals surface area contributed by atoms with E-state index in [1.165, 1.54) is 39.5 Å². The Balaban J connectivity index is 2.03. The molecule has 0 aliphatic heterocycles. The molecule has 354 valence electrons. The Morgan fingerprint density at radius 1 is 0.688 bits per heavy atom. The van der Waals surface area contributed by atoms with Crippen molar-refractivity contribution >= 4 is 35.8 Å². The van der Waals surface area contributed by atoms with E-state index < -0.39 is 54.4 Å². The van der Waals surface area contributed by atoms with Gasteiger partial charge in [-0.25, -0.2) is 28.4 Å². The van der Waals surface area contributed by atoms with Gasteiger partial charge in [-0.1, -0.05) is 51.3 Å². The van der Waals surface area contributed by atoms with Crippen molar-refractivity contribution in [1.82, 2.24) is 0 Å². The van der Waals surface area contributed by atoms with Crippen LogP contribution in [0.2, 0.25) is 0 Å². The van der Waals surface area contributed by atoms with Crippen molar-refractivity contribution in [1.29, 1.82) is 0 Å². The number of esters is 6. The molecule has 0 amide bonds. The lowest BCUT2D eigenvalue weighted by molar-refractivity contribution is -0.171. The van der Waals surface area contributed by atoms with Crippen LogP contribution in [0.5, 0.6) is 5.75 Å². The third-order valence-corrected chi connectivity index (χ3v) is 10.9. The van der Waals surface area contributed by atoms with Gasteiger partial charge in [-0.05, 0) is 145 Å². The minimum absolute atomic E-state index is 0.0492. The zero-order valence-corrected chi connectivity index (χ0v) is 38.9. The van der Waals surface area contributed by atoms with Crippen molar-refractivity contribution in [2.75, 3.05) is 46.2 Å². The summed E-state index contributed by atoms with van der Waals surface area (Å²) in [5, 5.41) is 0. The van der Waals surface area contributed by atoms with Crippen molar-refractivity contribution in [2.45, 2.75) is 131 Å². The molecule has 0 aromatic heterocycles. The van der Waals surface area contributed by atoms with Crippen molar-refractivity contribution in [3.05, 3.63) is 65.0 Å². The smallest absolute Gasteiger partial charge is 0.417 e. The lowest BCUT2D eigenvalue weighted by atomic mass is 9.77. The molecule has 1 saturated carbocycles. The van der Waals surface area contributed by atoms with Gasteiger partial charge in [0.1, 0.15) is 24.8 Å². The van der Waals surface area contributed by atoms with Gasteiger partial charge in [-0.3, -0.25) is 4.79 Å². The minimum Gasteiger partial charge on any atom is -0.492 e. The van der Waals surface area contributed by atoms with Gasteiger partial charge < -0.3 is 33.2 Å². The predicted molar refractivity (Wildman–Crippen MR) is 238 cm³/mol. The summed E-state index contributed by atoms with van der Waals surface area (Å²) in [5.41, 5.74) is 2.73. The lowest BCUT2D eigenvalue weighted by Crippen LogP contribution is -2.31. The molecule has 64 heavy (non-hydrogen) atoms. The summed E-state index contributed by atoms with van der Waals surface area (Å²) in [7, 11) is 0. The zero-order chi connectivity index (χ0) is 47.2. The fourth-order valence-electron chi connectivity index (χ4n) is 7.38. The second kappa shape index (κ2) is 27.1. The summed E-state index contributed by atoms with van der Waals surface area (Å²) in [6.07, 6.45) is 10.6. The van der Waals surface area contributed by atoms with E-state index in [1.54, 1.807) is 33.8 Å². The van der Waals surface area contributed by atoms with Crippen LogP contribution >= 0.6 is 0 Å². The second-order valence-electron chi connectivity index (χ2n) is 17.4. The van der Waals surface area contributed by atoms with Crippen LogP contribution in [0.25, 0.3) is 11.1 Å². The van der Waals surface area contributed by atoms with Gasteiger partial charge in [0.25, 0.3) is 0 Å². The molecule has 2 aromatic carbocycles. The number of carbonyl (C=O) groups excluding carboxylic acids is 6. The van der Waals surface area contributed by atoms with Crippen molar-refractivity contribution in [3.63, 3.8) is 0 Å². The van der Waals surface area contributed by atoms with Crippen molar-refractivity contribution < 1.29 is 66.3 Å². The Labute approximate surface area is 378 Å². The summed E-state index contributed by atoms with van der Waals surface area (Å²) >= 11 is 0. The van der Waals surface area contributed by atoms with Crippen LogP contribution in [-0.4, -0.2) is 82.1 Å². The highest BCUT2D eigenvalue weighted by atomic mass is 19.1. The number of aryl methyl sites for hydroxylation is 2. The Morgan fingerprint density at radius 3 is 1.73 bits per heavy atom. The van der Waals surface area contributed by atoms with Crippen molar-refractivity contribution in [2.24, 2.45) is 17.3 Å². The number of ether oxygens (including phenoxy) is 7. The van der Waals surface area contributed by atoms with E-state index in [0.717, 1.165) is 37.2 Å². The van der Waals surface area contributed by atoms with Crippen LogP contribution in [0.4, 0.5) is 4.39 Å². The molecule has 0 spiro atoms. The van der Waals surface area contributed by atoms with E-state index in [9.17, 15) is 28.8 Å². The van der Waals surface area contributed by atoms with E-state index >= 15 is 4.39 Å². The SMILES string of the molecule is C=C(C)C(=O)OCCCc1cc(-c2ccc(C3CCC(CCCCC)CC3)cc2F)cc(CCCOC(=O)C(C)(C)C)c1OCC(COC(=O)C(=O)OCC)COC(=O)C(=O)OCC. The molecule has 1 fully saturated rings. The molecule has 0 N–H and O–H groups in total. The first-order valence-electron chi connectivity index (χ1n) is 22.7. The first kappa shape index (κ1) is 53.1. The summed E-state index contributed by atoms with van der Waals surface area (Å²) in [6, 6.07) is 9.10. The van der Waals surface area contributed by atoms with E-state index in [-0.39, 0.29) is 56.3 Å². The maximum absolute atomic E-state index is 16.4. The van der Waals surface area contributed by atoms with Gasteiger partial charge in [0.2, 0.25) is 0 Å². The van der Waals surface area contributed by atoms with Gasteiger partial charge in [-0.15, -0.1) is 0 Å². The second-order valence-corrected chi connectivity index (χ2v) is 17.4. The molecular weight excluding hydrogens is 828 g/mol. The lowest BCUT2D eigenvalue weighted by Gasteiger charge is -2.29. The normalized spacial score (nSPS) is 14.9. The molecule has 1 aliphatic carbocycles. The summed E-state index contributed by atoms with van der Waals surface area (Å²) in [6.45, 7) is 14.6. The molecule has 0 heterocycles. The molecule has 0 unspecified atom stereocenters. The molecule has 0 saturated heterocycles. The van der Waals surface area contributed by atoms with Crippen molar-refractivity contribution in [3.8, 4) is 16.9 Å². The molecule has 1 aliphatic rings. The first-order valence-corrected chi connectivity index (χ1v) is 22.7. The number of carbonyl (C=O) groups is 6. The number of benzene rings is 2. The fraction of sp³-hybridized carbons (Fsp3) is 0.600. The average Bonchev–Trinajstić information content (AvgIpc) is 3.26. The molecule has 3 rings (SSSR count). The number of rotatable bonds is 24. The predicted octanol–water partition coefficient (Wildman–Crippen LogP) is 9.13. The number of unbranched alkanes of at least 4 members (excludes halogenated alkanes) is 2. The Bertz CT molecular complexity index is 1860. The molecule has 13 nitrogen and oxygen atoms in total. The van der Waals surface area contributed by atoms with Crippen LogP contribution in [-0.2, 0) is 70.0 Å². The standard InChI is InChI=1S/C50H69FO13/c1-9-12-13-16-34-19-21-36(22-20-34)37-23-24-41(42(51)29-37)40-27-38(17-14-25-60-44(52)33(4)5)43(39(28-40)18-15-26-61-49(57)50(6,7)8)62-30-35(31-63-47(55)45(53)58-10-2)32-64-48(56)46(54)59-11-3/h23-24,27-29,34-36H,4,9-22,25-26,30-32H2,1-3,5-8H3. The molecule has 0 atom stereocenters. The summed E-state index contributed by atoms with van der Waals surface area (Å²) in [4.78, 5) is 73.7. The highest BCUT2D eigenvalue weighted by Crippen LogP contribution is 2.40. The van der Waals surface area contributed by atoms with E-state index in [4.69, 9.17) is 33.2 Å². The van der Waals surface area contributed by atoms with Gasteiger partial charge in [0.15, 0.2) is 0 Å². The van der Waals surface area contributed by atoms with Crippen LogP contribution in [0.1, 0.15) is 135 Å². The molecule has 0 radical (unpaired) electrons. The highest BCUT2D eigenvalue weighted by Gasteiger charge is 2.27. The first-order chi connectivity index (χ1) is 30.5. The van der Waals surface area contributed by atoms with Crippen LogP contribution < -0.4 is 4.74 Å². The van der Waals surface area contributed by atoms with Gasteiger partial charge in [0, 0.05) is 11.1 Å². The summed E-state index contributed by atoms with van der Waals surface area (Å²) in [5.74, 6) is -5.76.